The third kappa shape index (κ3) is 2.37. The number of hydrogen-bond acceptors (Lipinski definition) is 3. The highest BCUT2D eigenvalue weighted by atomic mass is 16.5. The lowest BCUT2D eigenvalue weighted by Crippen LogP contribution is -2.35. The quantitative estimate of drug-likeness (QED) is 0.753. The van der Waals surface area contributed by atoms with Gasteiger partial charge in [-0.25, -0.2) is 4.79 Å². The Bertz CT molecular complexity index is 482. The Morgan fingerprint density at radius 1 is 1.33 bits per heavy atom. The van der Waals surface area contributed by atoms with E-state index < -0.39 is 0 Å². The first-order valence-electron chi connectivity index (χ1n) is 6.13. The summed E-state index contributed by atoms with van der Waals surface area (Å²) in [6.45, 7) is 2.67. The average Bonchev–Trinajstić information content (AvgIpc) is 2.39. The Kier molecular flexibility index (Phi) is 3.65. The predicted octanol–water partition coefficient (Wildman–Crippen LogP) is 2.30. The zero-order valence-corrected chi connectivity index (χ0v) is 10.7. The van der Waals surface area contributed by atoms with Crippen molar-refractivity contribution < 1.29 is 14.3 Å². The van der Waals surface area contributed by atoms with Gasteiger partial charge in [0, 0.05) is 18.7 Å². The fourth-order valence-corrected chi connectivity index (χ4v) is 2.26. The molecule has 0 N–H and O–H groups in total. The van der Waals surface area contributed by atoms with Gasteiger partial charge in [-0.1, -0.05) is 0 Å². The minimum atomic E-state index is -0.352. The van der Waals surface area contributed by atoms with Crippen LogP contribution in [0.4, 0.5) is 5.69 Å². The first-order chi connectivity index (χ1) is 8.63. The molecule has 0 atom stereocenters. The van der Waals surface area contributed by atoms with Crippen LogP contribution >= 0.6 is 0 Å². The Hall–Kier alpha value is -1.84. The minimum absolute atomic E-state index is 0.162. The highest BCUT2D eigenvalue weighted by Crippen LogP contribution is 2.25. The summed E-state index contributed by atoms with van der Waals surface area (Å²) in [5.74, 6) is -0.190. The lowest BCUT2D eigenvalue weighted by Gasteiger charge is -2.28. The van der Waals surface area contributed by atoms with Crippen molar-refractivity contribution in [2.75, 3.05) is 18.6 Å². The van der Waals surface area contributed by atoms with Crippen LogP contribution in [0.15, 0.2) is 18.2 Å². The summed E-state index contributed by atoms with van der Waals surface area (Å²) in [6.07, 6.45) is 2.61. The molecule has 2 rings (SSSR count). The van der Waals surface area contributed by atoms with Crippen LogP contribution in [0, 0.1) is 6.92 Å². The number of benzene rings is 1. The van der Waals surface area contributed by atoms with E-state index in [0.717, 1.165) is 30.6 Å². The fraction of sp³-hybridized carbons (Fsp3) is 0.429. The summed E-state index contributed by atoms with van der Waals surface area (Å²) in [7, 11) is 1.36. The molecule has 1 heterocycles. The minimum Gasteiger partial charge on any atom is -0.465 e. The van der Waals surface area contributed by atoms with E-state index >= 15 is 0 Å². The SMILES string of the molecule is COC(=O)c1ccc(N2CCCCC2=O)c(C)c1. The molecule has 1 saturated heterocycles. The molecule has 1 aromatic rings. The molecule has 0 radical (unpaired) electrons. The molecule has 0 spiro atoms. The van der Waals surface area contributed by atoms with Crippen LogP contribution in [0.25, 0.3) is 0 Å². The van der Waals surface area contributed by atoms with Gasteiger partial charge < -0.3 is 9.64 Å². The van der Waals surface area contributed by atoms with Crippen molar-refractivity contribution in [3.63, 3.8) is 0 Å². The molecule has 1 fully saturated rings. The van der Waals surface area contributed by atoms with Crippen LogP contribution in [-0.4, -0.2) is 25.5 Å². The van der Waals surface area contributed by atoms with Crippen molar-refractivity contribution in [2.45, 2.75) is 26.2 Å². The van der Waals surface area contributed by atoms with Crippen molar-refractivity contribution >= 4 is 17.6 Å². The summed E-state index contributed by atoms with van der Waals surface area (Å²) in [6, 6.07) is 5.30. The van der Waals surface area contributed by atoms with Gasteiger partial charge in [-0.15, -0.1) is 0 Å². The van der Waals surface area contributed by atoms with Gasteiger partial charge in [0.2, 0.25) is 5.91 Å². The number of aryl methyl sites for hydroxylation is 1. The molecule has 0 bridgehead atoms. The van der Waals surface area contributed by atoms with Crippen molar-refractivity contribution in [1.29, 1.82) is 0 Å². The van der Waals surface area contributed by atoms with Crippen LogP contribution in [-0.2, 0) is 9.53 Å². The normalized spacial score (nSPS) is 15.7. The Balaban J connectivity index is 2.29. The van der Waals surface area contributed by atoms with Crippen molar-refractivity contribution in [3.05, 3.63) is 29.3 Å². The monoisotopic (exact) mass is 247 g/mol. The van der Waals surface area contributed by atoms with Gasteiger partial charge in [0.1, 0.15) is 0 Å². The molecule has 1 aliphatic rings. The summed E-state index contributed by atoms with van der Waals surface area (Å²) >= 11 is 0. The van der Waals surface area contributed by atoms with Crippen LogP contribution in [0.3, 0.4) is 0 Å². The van der Waals surface area contributed by atoms with Crippen molar-refractivity contribution in [3.8, 4) is 0 Å². The third-order valence-corrected chi connectivity index (χ3v) is 3.23. The highest BCUT2D eigenvalue weighted by molar-refractivity contribution is 5.96. The molecule has 18 heavy (non-hydrogen) atoms. The second-order valence-corrected chi connectivity index (χ2v) is 4.50. The topological polar surface area (TPSA) is 46.6 Å². The molecule has 96 valence electrons. The lowest BCUT2D eigenvalue weighted by molar-refractivity contribution is -0.119. The van der Waals surface area contributed by atoms with E-state index in [0.29, 0.717) is 12.0 Å². The van der Waals surface area contributed by atoms with E-state index in [1.807, 2.05) is 13.0 Å². The van der Waals surface area contributed by atoms with Gasteiger partial charge in [-0.3, -0.25) is 4.79 Å². The van der Waals surface area contributed by atoms with Crippen LogP contribution in [0.2, 0.25) is 0 Å². The maximum absolute atomic E-state index is 11.9. The largest absolute Gasteiger partial charge is 0.465 e. The maximum atomic E-state index is 11.9. The Labute approximate surface area is 107 Å². The van der Waals surface area contributed by atoms with E-state index in [4.69, 9.17) is 0 Å². The van der Waals surface area contributed by atoms with Gasteiger partial charge in [-0.05, 0) is 43.5 Å². The number of carbonyl (C=O) groups excluding carboxylic acids is 2. The molecule has 1 aromatic carbocycles. The zero-order chi connectivity index (χ0) is 13.1. The van der Waals surface area contributed by atoms with Gasteiger partial charge in [0.15, 0.2) is 0 Å². The van der Waals surface area contributed by atoms with E-state index in [9.17, 15) is 9.59 Å². The number of ether oxygens (including phenoxy) is 1. The fourth-order valence-electron chi connectivity index (χ4n) is 2.26. The predicted molar refractivity (Wildman–Crippen MR) is 68.7 cm³/mol. The molecule has 0 aliphatic carbocycles. The number of amides is 1. The molecule has 1 amide bonds. The van der Waals surface area contributed by atoms with Crippen LogP contribution in [0.1, 0.15) is 35.2 Å². The molecule has 0 aromatic heterocycles. The van der Waals surface area contributed by atoms with E-state index in [1.54, 1.807) is 17.0 Å². The molecule has 4 heteroatoms. The summed E-state index contributed by atoms with van der Waals surface area (Å²) in [5, 5.41) is 0. The van der Waals surface area contributed by atoms with E-state index in [-0.39, 0.29) is 11.9 Å². The van der Waals surface area contributed by atoms with Gasteiger partial charge in [0.05, 0.1) is 12.7 Å². The number of anilines is 1. The first-order valence-corrected chi connectivity index (χ1v) is 6.13. The van der Waals surface area contributed by atoms with Crippen molar-refractivity contribution in [2.24, 2.45) is 0 Å². The van der Waals surface area contributed by atoms with E-state index in [1.165, 1.54) is 7.11 Å². The molecule has 1 aliphatic heterocycles. The van der Waals surface area contributed by atoms with Gasteiger partial charge in [0.25, 0.3) is 0 Å². The summed E-state index contributed by atoms with van der Waals surface area (Å²) < 4.78 is 4.68. The van der Waals surface area contributed by atoms with Crippen LogP contribution < -0.4 is 4.90 Å². The number of carbonyl (C=O) groups is 2. The summed E-state index contributed by atoms with van der Waals surface area (Å²) in [5.41, 5.74) is 2.34. The smallest absolute Gasteiger partial charge is 0.337 e. The van der Waals surface area contributed by atoms with Crippen molar-refractivity contribution in [1.82, 2.24) is 0 Å². The number of piperidine rings is 1. The molecule has 0 saturated carbocycles. The lowest BCUT2D eigenvalue weighted by atomic mass is 10.0. The van der Waals surface area contributed by atoms with E-state index in [2.05, 4.69) is 4.74 Å². The number of hydrogen-bond donors (Lipinski definition) is 0. The standard InChI is InChI=1S/C14H17NO3/c1-10-9-11(14(17)18-2)6-7-12(10)15-8-4-3-5-13(15)16/h6-7,9H,3-5,8H2,1-2H3. The third-order valence-electron chi connectivity index (χ3n) is 3.23. The number of nitrogens with zero attached hydrogens (tertiary/aromatic N) is 1. The number of methoxy groups -OCH3 is 1. The van der Waals surface area contributed by atoms with Crippen LogP contribution in [0.5, 0.6) is 0 Å². The second kappa shape index (κ2) is 5.21. The molecule has 4 nitrogen and oxygen atoms in total. The van der Waals surface area contributed by atoms with Gasteiger partial charge >= 0.3 is 5.97 Å². The molecular formula is C14H17NO3. The highest BCUT2D eigenvalue weighted by Gasteiger charge is 2.21. The molecular weight excluding hydrogens is 230 g/mol. The molecule has 0 unspecified atom stereocenters. The Morgan fingerprint density at radius 3 is 2.72 bits per heavy atom. The average molecular weight is 247 g/mol. The first kappa shape index (κ1) is 12.6. The zero-order valence-electron chi connectivity index (χ0n) is 10.7. The number of esters is 1. The maximum Gasteiger partial charge on any atom is 0.337 e. The summed E-state index contributed by atoms with van der Waals surface area (Å²) in [4.78, 5) is 25.1. The Morgan fingerprint density at radius 2 is 2.11 bits per heavy atom. The second-order valence-electron chi connectivity index (χ2n) is 4.50. The number of rotatable bonds is 2. The van der Waals surface area contributed by atoms with Gasteiger partial charge in [-0.2, -0.15) is 0 Å².